The molecular weight excluding hydrogens is 330 g/mol. The number of phenolic OH excluding ortho intramolecular Hbond substituents is 1. The first kappa shape index (κ1) is 17.0. The normalized spacial score (nSPS) is 18.0. The highest BCUT2D eigenvalue weighted by Gasteiger charge is 2.24. The number of phenols is 1. The molecule has 1 saturated heterocycles. The zero-order valence-electron chi connectivity index (χ0n) is 13.7. The molecule has 0 bridgehead atoms. The van der Waals surface area contributed by atoms with E-state index in [-0.39, 0.29) is 18.5 Å². The number of hydrogen-bond donors (Lipinski definition) is 2. The molecule has 1 aromatic carbocycles. The van der Waals surface area contributed by atoms with Crippen LogP contribution < -0.4 is 4.90 Å². The van der Waals surface area contributed by atoms with Crippen molar-refractivity contribution >= 4 is 17.4 Å². The van der Waals surface area contributed by atoms with Crippen molar-refractivity contribution in [3.05, 3.63) is 34.3 Å². The number of benzene rings is 1. The quantitative estimate of drug-likeness (QED) is 0.885. The molecule has 1 fully saturated rings. The van der Waals surface area contributed by atoms with Crippen LogP contribution in [-0.4, -0.2) is 52.8 Å². The van der Waals surface area contributed by atoms with Gasteiger partial charge in [-0.15, -0.1) is 10.2 Å². The molecule has 1 aromatic heterocycles. The Bertz CT molecular complexity index is 754. The standard InChI is InChI=1S/C17H20ClN3O3/c1-10-11(2)17(21-5-6-24-13(8-21)9-22)20-19-16(10)14-4-3-12(18)7-15(14)23/h3-4,7,13,22-23H,5-6,8-9H2,1-2H3/t13-/m0/s1. The molecule has 7 heteroatoms. The van der Waals surface area contributed by atoms with Gasteiger partial charge in [0.2, 0.25) is 0 Å². The third-order valence-electron chi connectivity index (χ3n) is 4.35. The van der Waals surface area contributed by atoms with E-state index < -0.39 is 0 Å². The summed E-state index contributed by atoms with van der Waals surface area (Å²) in [6, 6.07) is 4.95. The van der Waals surface area contributed by atoms with E-state index in [2.05, 4.69) is 15.1 Å². The van der Waals surface area contributed by atoms with E-state index in [1.807, 2.05) is 13.8 Å². The average molecular weight is 350 g/mol. The Morgan fingerprint density at radius 3 is 2.79 bits per heavy atom. The summed E-state index contributed by atoms with van der Waals surface area (Å²) >= 11 is 5.89. The van der Waals surface area contributed by atoms with E-state index in [0.29, 0.717) is 36.0 Å². The van der Waals surface area contributed by atoms with Crippen molar-refractivity contribution in [2.45, 2.75) is 20.0 Å². The number of ether oxygens (including phenoxy) is 1. The summed E-state index contributed by atoms with van der Waals surface area (Å²) in [7, 11) is 0. The van der Waals surface area contributed by atoms with E-state index >= 15 is 0 Å². The monoisotopic (exact) mass is 349 g/mol. The van der Waals surface area contributed by atoms with Gasteiger partial charge in [-0.25, -0.2) is 0 Å². The van der Waals surface area contributed by atoms with Crippen molar-refractivity contribution in [2.24, 2.45) is 0 Å². The second-order valence-corrected chi connectivity index (χ2v) is 6.34. The topological polar surface area (TPSA) is 78.7 Å². The molecule has 0 amide bonds. The Kier molecular flexibility index (Phi) is 4.89. The van der Waals surface area contributed by atoms with Crippen LogP contribution in [0.1, 0.15) is 11.1 Å². The lowest BCUT2D eigenvalue weighted by Gasteiger charge is -2.33. The maximum absolute atomic E-state index is 10.1. The number of aliphatic hydroxyl groups is 1. The Balaban J connectivity index is 1.97. The minimum Gasteiger partial charge on any atom is -0.507 e. The molecule has 2 heterocycles. The van der Waals surface area contributed by atoms with Gasteiger partial charge >= 0.3 is 0 Å². The number of aromatic nitrogens is 2. The van der Waals surface area contributed by atoms with Crippen LogP contribution in [0.2, 0.25) is 5.02 Å². The molecule has 0 saturated carbocycles. The van der Waals surface area contributed by atoms with Gasteiger partial charge in [0, 0.05) is 23.7 Å². The Labute approximate surface area is 145 Å². The largest absolute Gasteiger partial charge is 0.507 e. The summed E-state index contributed by atoms with van der Waals surface area (Å²) in [6.45, 7) is 5.76. The summed E-state index contributed by atoms with van der Waals surface area (Å²) in [6.07, 6.45) is -0.208. The van der Waals surface area contributed by atoms with Gasteiger partial charge in [0.1, 0.15) is 5.75 Å². The highest BCUT2D eigenvalue weighted by molar-refractivity contribution is 6.30. The fourth-order valence-corrected chi connectivity index (χ4v) is 3.04. The zero-order valence-corrected chi connectivity index (χ0v) is 14.4. The molecule has 2 N–H and O–H groups in total. The molecule has 3 rings (SSSR count). The highest BCUT2D eigenvalue weighted by Crippen LogP contribution is 2.34. The van der Waals surface area contributed by atoms with E-state index in [0.717, 1.165) is 16.9 Å². The lowest BCUT2D eigenvalue weighted by molar-refractivity contribution is 0.00329. The lowest BCUT2D eigenvalue weighted by atomic mass is 10.0. The van der Waals surface area contributed by atoms with Gasteiger partial charge in [-0.2, -0.15) is 0 Å². The van der Waals surface area contributed by atoms with Crippen molar-refractivity contribution in [3.63, 3.8) is 0 Å². The fourth-order valence-electron chi connectivity index (χ4n) is 2.88. The van der Waals surface area contributed by atoms with Crippen molar-refractivity contribution < 1.29 is 14.9 Å². The molecule has 1 aliphatic rings. The summed E-state index contributed by atoms with van der Waals surface area (Å²) in [5.74, 6) is 0.866. The number of hydrogen-bond acceptors (Lipinski definition) is 6. The van der Waals surface area contributed by atoms with Gasteiger partial charge in [-0.3, -0.25) is 0 Å². The Morgan fingerprint density at radius 1 is 1.29 bits per heavy atom. The Hall–Kier alpha value is -1.89. The van der Waals surface area contributed by atoms with Crippen molar-refractivity contribution in [1.82, 2.24) is 10.2 Å². The third-order valence-corrected chi connectivity index (χ3v) is 4.59. The van der Waals surface area contributed by atoms with Gasteiger partial charge in [0.25, 0.3) is 0 Å². The average Bonchev–Trinajstić information content (AvgIpc) is 2.58. The van der Waals surface area contributed by atoms with Crippen molar-refractivity contribution in [1.29, 1.82) is 0 Å². The summed E-state index contributed by atoms with van der Waals surface area (Å²) in [5, 5.41) is 28.6. The maximum atomic E-state index is 10.1. The zero-order chi connectivity index (χ0) is 17.3. The first-order chi connectivity index (χ1) is 11.5. The molecule has 0 unspecified atom stereocenters. The number of aliphatic hydroxyl groups excluding tert-OH is 1. The SMILES string of the molecule is Cc1c(-c2ccc(Cl)cc2O)nnc(N2CCO[C@H](CO)C2)c1C. The van der Waals surface area contributed by atoms with Crippen LogP contribution >= 0.6 is 11.6 Å². The van der Waals surface area contributed by atoms with Crippen LogP contribution in [0.25, 0.3) is 11.3 Å². The van der Waals surface area contributed by atoms with E-state index in [1.54, 1.807) is 12.1 Å². The number of aromatic hydroxyl groups is 1. The molecule has 128 valence electrons. The molecule has 0 spiro atoms. The minimum absolute atomic E-state index is 0.0152. The predicted molar refractivity (Wildman–Crippen MR) is 92.7 cm³/mol. The van der Waals surface area contributed by atoms with E-state index in [9.17, 15) is 10.2 Å². The van der Waals surface area contributed by atoms with Crippen LogP contribution in [0, 0.1) is 13.8 Å². The predicted octanol–water partition coefficient (Wildman–Crippen LogP) is 2.32. The summed E-state index contributed by atoms with van der Waals surface area (Å²) < 4.78 is 5.48. The molecule has 1 atom stereocenters. The second-order valence-electron chi connectivity index (χ2n) is 5.91. The second kappa shape index (κ2) is 6.93. The van der Waals surface area contributed by atoms with Crippen molar-refractivity contribution in [2.75, 3.05) is 31.2 Å². The van der Waals surface area contributed by atoms with Crippen LogP contribution in [0.15, 0.2) is 18.2 Å². The maximum Gasteiger partial charge on any atom is 0.154 e. The molecule has 1 aliphatic heterocycles. The molecule has 0 radical (unpaired) electrons. The first-order valence-corrected chi connectivity index (χ1v) is 8.19. The molecular formula is C17H20ClN3O3. The van der Waals surface area contributed by atoms with Crippen LogP contribution in [0.3, 0.4) is 0 Å². The first-order valence-electron chi connectivity index (χ1n) is 7.81. The number of morpholine rings is 1. The van der Waals surface area contributed by atoms with Gasteiger partial charge in [0.05, 0.1) is 25.0 Å². The molecule has 2 aromatic rings. The van der Waals surface area contributed by atoms with Gasteiger partial charge < -0.3 is 19.8 Å². The van der Waals surface area contributed by atoms with Gasteiger partial charge in [-0.1, -0.05) is 11.6 Å². The molecule has 0 aliphatic carbocycles. The summed E-state index contributed by atoms with van der Waals surface area (Å²) in [5.41, 5.74) is 3.18. The molecule has 24 heavy (non-hydrogen) atoms. The van der Waals surface area contributed by atoms with E-state index in [4.69, 9.17) is 16.3 Å². The Morgan fingerprint density at radius 2 is 2.08 bits per heavy atom. The highest BCUT2D eigenvalue weighted by atomic mass is 35.5. The smallest absolute Gasteiger partial charge is 0.154 e. The van der Waals surface area contributed by atoms with Crippen LogP contribution in [0.4, 0.5) is 5.82 Å². The number of rotatable bonds is 3. The molecule has 6 nitrogen and oxygen atoms in total. The van der Waals surface area contributed by atoms with Gasteiger partial charge in [-0.05, 0) is 43.2 Å². The van der Waals surface area contributed by atoms with Crippen molar-refractivity contribution in [3.8, 4) is 17.0 Å². The summed E-state index contributed by atoms with van der Waals surface area (Å²) in [4.78, 5) is 2.07. The lowest BCUT2D eigenvalue weighted by Crippen LogP contribution is -2.44. The third kappa shape index (κ3) is 3.17. The van der Waals surface area contributed by atoms with Crippen LogP contribution in [0.5, 0.6) is 5.75 Å². The van der Waals surface area contributed by atoms with E-state index in [1.165, 1.54) is 6.07 Å². The number of halogens is 1. The fraction of sp³-hybridized carbons (Fsp3) is 0.412. The van der Waals surface area contributed by atoms with Crippen LogP contribution in [-0.2, 0) is 4.74 Å². The van der Waals surface area contributed by atoms with Gasteiger partial charge in [0.15, 0.2) is 5.82 Å². The number of nitrogens with zero attached hydrogens (tertiary/aromatic N) is 3. The number of anilines is 1. The minimum atomic E-state index is -0.208.